The van der Waals surface area contributed by atoms with Gasteiger partial charge in [0.25, 0.3) is 0 Å². The minimum atomic E-state index is -1.88. The number of hydrogen-bond donors (Lipinski definition) is 3. The van der Waals surface area contributed by atoms with Crippen LogP contribution in [0.5, 0.6) is 0 Å². The summed E-state index contributed by atoms with van der Waals surface area (Å²) in [4.78, 5) is 138. The van der Waals surface area contributed by atoms with Gasteiger partial charge < -0.3 is 77.7 Å². The molecule has 3 amide bonds. The molecule has 0 bridgehead atoms. The minimum Gasteiger partial charge on any atom is -0.467 e. The highest BCUT2D eigenvalue weighted by atomic mass is 16.7. The third-order valence-corrected chi connectivity index (χ3v) is 9.64. The Balaban J connectivity index is 2.89. The van der Waals surface area contributed by atoms with E-state index in [2.05, 4.69) is 20.7 Å². The summed E-state index contributed by atoms with van der Waals surface area (Å²) in [6.45, 7) is 8.34. The van der Waals surface area contributed by atoms with Gasteiger partial charge in [0.05, 0.1) is 26.4 Å². The molecule has 0 aromatic rings. The average Bonchev–Trinajstić information content (AvgIpc) is 3.22. The third-order valence-electron chi connectivity index (χ3n) is 9.64. The Morgan fingerprint density at radius 2 is 1.02 bits per heavy atom. The highest BCUT2D eigenvalue weighted by molar-refractivity contribution is 5.86. The van der Waals surface area contributed by atoms with Gasteiger partial charge in [0.1, 0.15) is 79.2 Å². The molecule has 12 atom stereocenters. The summed E-state index contributed by atoms with van der Waals surface area (Å²) in [7, 11) is 2.33. The van der Waals surface area contributed by atoms with Gasteiger partial charge in [-0.05, 0) is 34.6 Å². The molecule has 2 fully saturated rings. The normalized spacial score (nSPS) is 25.9. The topological polar surface area (TPSA) is 316 Å². The molecule has 3 N–H and O–H groups in total. The van der Waals surface area contributed by atoms with Crippen molar-refractivity contribution in [2.24, 2.45) is 0 Å². The number of ketones is 3. The van der Waals surface area contributed by atoms with Gasteiger partial charge in [0, 0.05) is 47.1 Å². The average molecular weight is 932 g/mol. The summed E-state index contributed by atoms with van der Waals surface area (Å²) in [6.07, 6.45) is -16.5. The standard InChI is InChI=1S/C41H61N3O21/c1-19(45)11-14-29(51)59-18-28-34(63-30(52)15-12-20(2)46)37(64-31(53)16-13-21(3)47)33(44-25(7)49)41(62-28)65-35-27(17-58-26(8)50)61-40(57-10)32(43-24(6)48)36(35)60-23(5)38(54)42-22(4)39(55)56-9/h22-23,27-28,32-37,40-41H,11-18H2,1-10H3,(H,42,54)(H,43,48)(H,44,49)/t22-,23+,27+,28+,32+,33+,34+,35+,36+,37+,40+,41-/m0/s1. The Morgan fingerprint density at radius 1 is 0.554 bits per heavy atom. The molecule has 2 saturated heterocycles. The molecule has 0 unspecified atom stereocenters. The van der Waals surface area contributed by atoms with Crippen LogP contribution in [0.1, 0.15) is 93.9 Å². The summed E-state index contributed by atoms with van der Waals surface area (Å²) < 4.78 is 57.9. The molecule has 0 saturated carbocycles. The van der Waals surface area contributed by atoms with E-state index in [4.69, 9.17) is 42.6 Å². The Bertz CT molecular complexity index is 1740. The van der Waals surface area contributed by atoms with Gasteiger partial charge in [-0.2, -0.15) is 0 Å². The molecule has 24 heteroatoms. The predicted molar refractivity (Wildman–Crippen MR) is 215 cm³/mol. The number of rotatable bonds is 25. The summed E-state index contributed by atoms with van der Waals surface area (Å²) >= 11 is 0. The fourth-order valence-electron chi connectivity index (χ4n) is 6.50. The molecule has 0 aromatic heterocycles. The van der Waals surface area contributed by atoms with Gasteiger partial charge in [-0.25, -0.2) is 4.79 Å². The van der Waals surface area contributed by atoms with Crippen molar-refractivity contribution in [3.63, 3.8) is 0 Å². The second-order valence-electron chi connectivity index (χ2n) is 15.4. The van der Waals surface area contributed by atoms with Crippen LogP contribution >= 0.6 is 0 Å². The lowest BCUT2D eigenvalue weighted by Crippen LogP contribution is -2.71. The van der Waals surface area contributed by atoms with Crippen molar-refractivity contribution in [1.29, 1.82) is 0 Å². The van der Waals surface area contributed by atoms with Gasteiger partial charge in [-0.1, -0.05) is 0 Å². The fourth-order valence-corrected chi connectivity index (χ4v) is 6.50. The zero-order chi connectivity index (χ0) is 49.1. The first kappa shape index (κ1) is 55.7. The molecular weight excluding hydrogens is 870 g/mol. The van der Waals surface area contributed by atoms with Crippen LogP contribution in [0.15, 0.2) is 0 Å². The Kier molecular flexibility index (Phi) is 23.3. The van der Waals surface area contributed by atoms with Gasteiger partial charge in [-0.15, -0.1) is 0 Å². The minimum absolute atomic E-state index is 0.191. The smallest absolute Gasteiger partial charge is 0.328 e. The van der Waals surface area contributed by atoms with Crippen LogP contribution < -0.4 is 16.0 Å². The van der Waals surface area contributed by atoms with Crippen molar-refractivity contribution in [2.75, 3.05) is 27.4 Å². The predicted octanol–water partition coefficient (Wildman–Crippen LogP) is -1.03. The van der Waals surface area contributed by atoms with Crippen molar-refractivity contribution in [3.05, 3.63) is 0 Å². The van der Waals surface area contributed by atoms with E-state index in [-0.39, 0.29) is 43.0 Å². The third kappa shape index (κ3) is 18.9. The van der Waals surface area contributed by atoms with Crippen LogP contribution in [0.2, 0.25) is 0 Å². The van der Waals surface area contributed by atoms with Gasteiger partial charge >= 0.3 is 29.8 Å². The molecule has 2 aliphatic heterocycles. The van der Waals surface area contributed by atoms with E-state index >= 15 is 0 Å². The molecule has 24 nitrogen and oxygen atoms in total. The molecule has 65 heavy (non-hydrogen) atoms. The molecule has 0 aliphatic carbocycles. The van der Waals surface area contributed by atoms with Crippen molar-refractivity contribution >= 4 is 64.9 Å². The SMILES string of the molecule is COC(=O)[C@H](C)NC(=O)[C@@H](C)O[C@@H]1[C@@H](NC(C)=O)[C@H](OC)O[C@H](COC(C)=O)[C@H]1O[C@@H]1O[C@H](COC(=O)CCC(C)=O)[C@@H](OC(=O)CCC(C)=O)[C@H](OC(=O)CCC(C)=O)[C@H]1NC(C)=O. The van der Waals surface area contributed by atoms with Gasteiger partial charge in [0.2, 0.25) is 17.7 Å². The molecule has 2 aliphatic rings. The van der Waals surface area contributed by atoms with Crippen LogP contribution in [0.3, 0.4) is 0 Å². The first-order valence-electron chi connectivity index (χ1n) is 20.7. The molecule has 0 radical (unpaired) electrons. The van der Waals surface area contributed by atoms with E-state index in [1.54, 1.807) is 0 Å². The number of esters is 5. The monoisotopic (exact) mass is 931 g/mol. The highest BCUT2D eigenvalue weighted by Crippen LogP contribution is 2.34. The lowest BCUT2D eigenvalue weighted by Gasteiger charge is -2.50. The van der Waals surface area contributed by atoms with Crippen molar-refractivity contribution in [3.8, 4) is 0 Å². The van der Waals surface area contributed by atoms with Crippen LogP contribution in [0.25, 0.3) is 0 Å². The van der Waals surface area contributed by atoms with Crippen LogP contribution in [0.4, 0.5) is 0 Å². The number of carbonyl (C=O) groups excluding carboxylic acids is 11. The van der Waals surface area contributed by atoms with Gasteiger partial charge in [0.15, 0.2) is 24.8 Å². The van der Waals surface area contributed by atoms with Crippen molar-refractivity contribution in [1.82, 2.24) is 16.0 Å². The maximum absolute atomic E-state index is 13.4. The van der Waals surface area contributed by atoms with Crippen molar-refractivity contribution in [2.45, 2.75) is 167 Å². The Labute approximate surface area is 375 Å². The maximum Gasteiger partial charge on any atom is 0.328 e. The number of carbonyl (C=O) groups is 11. The number of methoxy groups -OCH3 is 2. The number of nitrogens with one attached hydrogen (secondary N) is 3. The van der Waals surface area contributed by atoms with E-state index in [1.165, 1.54) is 41.7 Å². The maximum atomic E-state index is 13.4. The number of hydrogen-bond acceptors (Lipinski definition) is 21. The van der Waals surface area contributed by atoms with E-state index in [1.807, 2.05) is 0 Å². The molecule has 2 heterocycles. The van der Waals surface area contributed by atoms with Crippen molar-refractivity contribution < 1.29 is 100 Å². The zero-order valence-corrected chi connectivity index (χ0v) is 38.2. The number of Topliss-reactive ketones (excluding diaryl/α,β-unsaturated/α-hetero) is 3. The first-order valence-corrected chi connectivity index (χ1v) is 20.7. The van der Waals surface area contributed by atoms with Crippen LogP contribution in [-0.2, 0) is 100 Å². The molecule has 0 spiro atoms. The van der Waals surface area contributed by atoms with Gasteiger partial charge in [-0.3, -0.25) is 33.6 Å². The second-order valence-corrected chi connectivity index (χ2v) is 15.4. The highest BCUT2D eigenvalue weighted by Gasteiger charge is 2.56. The molecule has 366 valence electrons. The zero-order valence-electron chi connectivity index (χ0n) is 38.2. The molecule has 2 rings (SSSR count). The van der Waals surface area contributed by atoms with E-state index in [9.17, 15) is 52.7 Å². The largest absolute Gasteiger partial charge is 0.467 e. The van der Waals surface area contributed by atoms with E-state index < -0.39 is 147 Å². The first-order chi connectivity index (χ1) is 30.5. The molecule has 0 aromatic carbocycles. The lowest BCUT2D eigenvalue weighted by atomic mass is 9.93. The number of amides is 3. The van der Waals surface area contributed by atoms with Crippen LogP contribution in [0, 0.1) is 0 Å². The Morgan fingerprint density at radius 3 is 1.49 bits per heavy atom. The number of ether oxygens (including phenoxy) is 10. The fraction of sp³-hybridized carbons (Fsp3) is 0.732. The summed E-state index contributed by atoms with van der Waals surface area (Å²) in [6, 6.07) is -4.16. The summed E-state index contributed by atoms with van der Waals surface area (Å²) in [5.74, 6) is -7.84. The summed E-state index contributed by atoms with van der Waals surface area (Å²) in [5, 5.41) is 7.63. The van der Waals surface area contributed by atoms with E-state index in [0.29, 0.717) is 0 Å². The summed E-state index contributed by atoms with van der Waals surface area (Å²) in [5.41, 5.74) is 0. The Hall–Kier alpha value is -5.43. The molecular formula is C41H61N3O21. The quantitative estimate of drug-likeness (QED) is 0.0728. The second kappa shape index (κ2) is 27.1. The van der Waals surface area contributed by atoms with E-state index in [0.717, 1.165) is 27.9 Å². The lowest BCUT2D eigenvalue weighted by molar-refractivity contribution is -0.336. The van der Waals surface area contributed by atoms with Crippen LogP contribution in [-0.4, -0.2) is 166 Å².